The lowest BCUT2D eigenvalue weighted by atomic mass is 10.1. The molecule has 0 spiro atoms. The molecule has 426 valence electrons. The molecule has 0 bridgehead atoms. The van der Waals surface area contributed by atoms with Gasteiger partial charge in [-0.2, -0.15) is 0 Å². The lowest BCUT2D eigenvalue weighted by Crippen LogP contribution is -2.30. The molecule has 0 aromatic carbocycles. The van der Waals surface area contributed by atoms with E-state index in [0.717, 1.165) is 135 Å². The summed E-state index contributed by atoms with van der Waals surface area (Å²) in [7, 11) is -4.75. The smallest absolute Gasteiger partial charge is 0.462 e. The van der Waals surface area contributed by atoms with E-state index in [2.05, 4.69) is 106 Å². The number of phosphoric acid groups is 1. The first-order valence-electron chi connectivity index (χ1n) is 29.5. The fourth-order valence-electron chi connectivity index (χ4n) is 7.89. The molecule has 3 unspecified atom stereocenters. The molecule has 74 heavy (non-hydrogen) atoms. The second-order valence-electron chi connectivity index (χ2n) is 19.4. The molecule has 11 nitrogen and oxygen atoms in total. The van der Waals surface area contributed by atoms with Crippen molar-refractivity contribution in [2.24, 2.45) is 0 Å². The highest BCUT2D eigenvalue weighted by Gasteiger charge is 2.28. The van der Waals surface area contributed by atoms with Crippen LogP contribution in [0, 0.1) is 0 Å². The maximum atomic E-state index is 12.9. The van der Waals surface area contributed by atoms with Crippen molar-refractivity contribution in [2.45, 2.75) is 264 Å². The third-order valence-electron chi connectivity index (χ3n) is 12.3. The zero-order valence-electron chi connectivity index (χ0n) is 47.0. The molecule has 0 fully saturated rings. The molecule has 12 heteroatoms. The summed E-state index contributed by atoms with van der Waals surface area (Å²) in [5, 5.41) is 9.80. The normalized spacial score (nSPS) is 14.0. The number of unbranched alkanes of at least 4 members (excludes halogenated alkanes) is 23. The Morgan fingerprint density at radius 1 is 0.392 bits per heavy atom. The van der Waals surface area contributed by atoms with Crippen molar-refractivity contribution >= 4 is 25.7 Å². The number of hydrogen-bond donors (Lipinski definition) is 2. The highest BCUT2D eigenvalue weighted by atomic mass is 31.2. The van der Waals surface area contributed by atoms with Gasteiger partial charge in [-0.15, -0.1) is 0 Å². The minimum Gasteiger partial charge on any atom is -0.462 e. The van der Waals surface area contributed by atoms with Gasteiger partial charge in [0.05, 0.1) is 19.8 Å². The largest absolute Gasteiger partial charge is 0.472 e. The Morgan fingerprint density at radius 2 is 0.703 bits per heavy atom. The predicted molar refractivity (Wildman–Crippen MR) is 307 cm³/mol. The quantitative estimate of drug-likeness (QED) is 0.0197. The van der Waals surface area contributed by atoms with E-state index in [-0.39, 0.29) is 25.9 Å². The minimum atomic E-state index is -4.75. The van der Waals surface area contributed by atoms with Crippen molar-refractivity contribution in [2.75, 3.05) is 26.4 Å². The van der Waals surface area contributed by atoms with E-state index >= 15 is 0 Å². The summed E-state index contributed by atoms with van der Waals surface area (Å²) < 4.78 is 39.5. The highest BCUT2D eigenvalue weighted by Crippen LogP contribution is 2.43. The van der Waals surface area contributed by atoms with Crippen LogP contribution in [0.4, 0.5) is 0 Å². The van der Waals surface area contributed by atoms with Crippen LogP contribution in [0.25, 0.3) is 0 Å². The molecule has 0 radical (unpaired) electrons. The number of esters is 3. The molecule has 0 heterocycles. The van der Waals surface area contributed by atoms with E-state index in [1.807, 2.05) is 0 Å². The van der Waals surface area contributed by atoms with Crippen LogP contribution in [-0.2, 0) is 42.2 Å². The summed E-state index contributed by atoms with van der Waals surface area (Å²) in [6.45, 7) is 4.40. The summed E-state index contributed by atoms with van der Waals surface area (Å²) in [5.74, 6) is -1.49. The number of ether oxygens (including phenoxy) is 3. The summed E-state index contributed by atoms with van der Waals surface area (Å²) in [6.07, 6.45) is 63.9. The molecule has 0 aromatic rings. The third kappa shape index (κ3) is 53.5. The Balaban J connectivity index is 4.76. The molecule has 0 saturated heterocycles. The molecular weight excluding hydrogens is 952 g/mol. The van der Waals surface area contributed by atoms with Crippen LogP contribution in [0.2, 0.25) is 0 Å². The number of aliphatic hydroxyl groups excluding tert-OH is 1. The maximum Gasteiger partial charge on any atom is 0.472 e. The van der Waals surface area contributed by atoms with Crippen molar-refractivity contribution in [3.63, 3.8) is 0 Å². The van der Waals surface area contributed by atoms with Gasteiger partial charge in [-0.1, -0.05) is 228 Å². The molecule has 0 rings (SSSR count). The summed E-state index contributed by atoms with van der Waals surface area (Å²) >= 11 is 0. The molecule has 0 aliphatic heterocycles. The van der Waals surface area contributed by atoms with Crippen molar-refractivity contribution in [3.8, 4) is 0 Å². The third-order valence-corrected chi connectivity index (χ3v) is 13.3. The SMILES string of the molecule is CC/C=C\C/C=C\C/C=C\C/C=C\CCCCCCCCC(=O)OC(COC(=O)CCCCCCCCC/C=C\C/C=C\C/C=C\CC)COP(=O)(O)OCC(CO)OC(=O)CCCCCCCCCCCCC. The first-order valence-corrected chi connectivity index (χ1v) is 31.0. The Hall–Kier alpha value is -3.34. The molecule has 0 aliphatic carbocycles. The highest BCUT2D eigenvalue weighted by molar-refractivity contribution is 7.47. The van der Waals surface area contributed by atoms with Gasteiger partial charge in [-0.05, 0) is 89.9 Å². The van der Waals surface area contributed by atoms with Crippen molar-refractivity contribution in [1.29, 1.82) is 0 Å². The number of allylic oxidation sites excluding steroid dienone is 14. The number of rotatable bonds is 54. The number of carbonyl (C=O) groups excluding carboxylic acids is 3. The van der Waals surface area contributed by atoms with Crippen LogP contribution in [0.1, 0.15) is 252 Å². The summed E-state index contributed by atoms with van der Waals surface area (Å²) in [5.41, 5.74) is 0. The molecule has 0 amide bonds. The van der Waals surface area contributed by atoms with E-state index in [1.54, 1.807) is 0 Å². The monoisotopic (exact) mass is 1060 g/mol. The zero-order chi connectivity index (χ0) is 54.1. The summed E-state index contributed by atoms with van der Waals surface area (Å²) in [6, 6.07) is 0. The molecule has 0 aliphatic rings. The Labute approximate surface area is 451 Å². The fourth-order valence-corrected chi connectivity index (χ4v) is 8.68. The predicted octanol–water partition coefficient (Wildman–Crippen LogP) is 17.5. The Kier molecular flexibility index (Phi) is 53.4. The van der Waals surface area contributed by atoms with Crippen molar-refractivity contribution in [1.82, 2.24) is 0 Å². The topological polar surface area (TPSA) is 155 Å². The minimum absolute atomic E-state index is 0.147. The van der Waals surface area contributed by atoms with Gasteiger partial charge >= 0.3 is 25.7 Å². The van der Waals surface area contributed by atoms with Crippen LogP contribution < -0.4 is 0 Å². The number of aliphatic hydroxyl groups is 1. The van der Waals surface area contributed by atoms with E-state index in [1.165, 1.54) is 57.8 Å². The van der Waals surface area contributed by atoms with Gasteiger partial charge in [-0.25, -0.2) is 4.57 Å². The lowest BCUT2D eigenvalue weighted by molar-refractivity contribution is -0.161. The van der Waals surface area contributed by atoms with Crippen LogP contribution >= 0.6 is 7.82 Å². The Bertz CT molecular complexity index is 1560. The summed E-state index contributed by atoms with van der Waals surface area (Å²) in [4.78, 5) is 48.6. The standard InChI is InChI=1S/C62H107O11P/c1-4-7-10-13-16-19-22-24-26-28-29-31-33-35-38-41-44-47-50-53-62(66)73-59(55-69-60(64)51-48-45-42-39-37-34-32-30-27-25-23-20-17-14-11-8-5-2)57-71-74(67,68)70-56-58(54-63)72-61(65)52-49-46-43-40-36-21-18-15-12-9-6-3/h7-8,10-11,16-17,19-20,24-27,29,31,58-59,63H,4-6,9,12-15,18,21-23,28,30,32-57H2,1-3H3,(H,67,68)/b10-7-,11-8-,19-16-,20-17-,26-24-,27-25-,31-29-. The van der Waals surface area contributed by atoms with E-state index < -0.39 is 57.8 Å². The van der Waals surface area contributed by atoms with Crippen LogP contribution in [0.15, 0.2) is 85.1 Å². The molecule has 0 aromatic heterocycles. The average Bonchev–Trinajstić information content (AvgIpc) is 3.39. The lowest BCUT2D eigenvalue weighted by Gasteiger charge is -2.21. The van der Waals surface area contributed by atoms with Gasteiger partial charge in [0.1, 0.15) is 12.7 Å². The van der Waals surface area contributed by atoms with Crippen LogP contribution in [-0.4, -0.2) is 66.5 Å². The molecule has 3 atom stereocenters. The maximum absolute atomic E-state index is 12.9. The molecular formula is C62H107O11P. The second kappa shape index (κ2) is 55.9. The average molecular weight is 1060 g/mol. The first kappa shape index (κ1) is 70.7. The zero-order valence-corrected chi connectivity index (χ0v) is 47.9. The van der Waals surface area contributed by atoms with Crippen LogP contribution in [0.5, 0.6) is 0 Å². The van der Waals surface area contributed by atoms with Gasteiger partial charge in [-0.3, -0.25) is 23.4 Å². The molecule has 0 saturated carbocycles. The van der Waals surface area contributed by atoms with Crippen molar-refractivity contribution in [3.05, 3.63) is 85.1 Å². The van der Waals surface area contributed by atoms with Gasteiger partial charge in [0.25, 0.3) is 0 Å². The second-order valence-corrected chi connectivity index (χ2v) is 20.9. The number of hydrogen-bond acceptors (Lipinski definition) is 10. The van der Waals surface area contributed by atoms with Gasteiger partial charge < -0.3 is 24.2 Å². The van der Waals surface area contributed by atoms with E-state index in [0.29, 0.717) is 19.3 Å². The van der Waals surface area contributed by atoms with Crippen molar-refractivity contribution < 1.29 is 52.2 Å². The number of carbonyl (C=O) groups is 3. The van der Waals surface area contributed by atoms with E-state index in [9.17, 15) is 28.9 Å². The number of phosphoric ester groups is 1. The van der Waals surface area contributed by atoms with Crippen LogP contribution in [0.3, 0.4) is 0 Å². The Morgan fingerprint density at radius 3 is 1.08 bits per heavy atom. The van der Waals surface area contributed by atoms with E-state index in [4.69, 9.17) is 23.3 Å². The first-order chi connectivity index (χ1) is 36.2. The van der Waals surface area contributed by atoms with Gasteiger partial charge in [0.2, 0.25) is 0 Å². The van der Waals surface area contributed by atoms with Gasteiger partial charge in [0, 0.05) is 19.3 Å². The fraction of sp³-hybridized carbons (Fsp3) is 0.726. The molecule has 2 N–H and O–H groups in total. The van der Waals surface area contributed by atoms with Gasteiger partial charge in [0.15, 0.2) is 6.10 Å².